The Bertz CT molecular complexity index is 773. The van der Waals surface area contributed by atoms with Crippen molar-refractivity contribution < 1.29 is 14.6 Å². The van der Waals surface area contributed by atoms with Crippen LogP contribution in [0.2, 0.25) is 0 Å². The molecule has 3 rings (SSSR count). The maximum absolute atomic E-state index is 12.8. The van der Waals surface area contributed by atoms with Gasteiger partial charge in [-0.2, -0.15) is 0 Å². The van der Waals surface area contributed by atoms with Crippen molar-refractivity contribution in [3.63, 3.8) is 0 Å². The largest absolute Gasteiger partial charge is 0.508 e. The summed E-state index contributed by atoms with van der Waals surface area (Å²) in [5.41, 5.74) is 1.94. The predicted molar refractivity (Wildman–Crippen MR) is 93.3 cm³/mol. The molecular formula is C19H20N2O3. The lowest BCUT2D eigenvalue weighted by Crippen LogP contribution is -2.43. The average molecular weight is 324 g/mol. The van der Waals surface area contributed by atoms with Crippen LogP contribution < -0.4 is 10.1 Å². The third-order valence-electron chi connectivity index (χ3n) is 3.95. The Morgan fingerprint density at radius 1 is 1.33 bits per heavy atom. The Morgan fingerprint density at radius 3 is 2.88 bits per heavy atom. The van der Waals surface area contributed by atoms with Gasteiger partial charge in [0.25, 0.3) is 5.91 Å². The van der Waals surface area contributed by atoms with Gasteiger partial charge in [0.2, 0.25) is 0 Å². The van der Waals surface area contributed by atoms with Crippen LogP contribution in [0.4, 0.5) is 5.69 Å². The molecule has 2 aromatic carbocycles. The molecule has 0 saturated carbocycles. The van der Waals surface area contributed by atoms with Crippen molar-refractivity contribution in [2.24, 2.45) is 0 Å². The van der Waals surface area contributed by atoms with E-state index in [1.165, 1.54) is 0 Å². The third kappa shape index (κ3) is 2.80. The van der Waals surface area contributed by atoms with Crippen LogP contribution in [-0.2, 0) is 0 Å². The number of phenols is 1. The van der Waals surface area contributed by atoms with Crippen LogP contribution in [0.25, 0.3) is 0 Å². The summed E-state index contributed by atoms with van der Waals surface area (Å²) >= 11 is 0. The molecule has 1 heterocycles. The molecule has 0 aliphatic carbocycles. The summed E-state index contributed by atoms with van der Waals surface area (Å²) in [6.45, 7) is 6.52. The van der Waals surface area contributed by atoms with Crippen LogP contribution in [0.1, 0.15) is 29.0 Å². The number of nitrogens with zero attached hydrogens (tertiary/aromatic N) is 1. The van der Waals surface area contributed by atoms with E-state index in [4.69, 9.17) is 4.74 Å². The lowest BCUT2D eigenvalue weighted by molar-refractivity contribution is 0.0705. The molecule has 5 nitrogen and oxygen atoms in total. The number of carbonyl (C=O) groups excluding carboxylic acids is 1. The Kier molecular flexibility index (Phi) is 4.42. The monoisotopic (exact) mass is 324 g/mol. The van der Waals surface area contributed by atoms with E-state index < -0.39 is 6.17 Å². The normalized spacial score (nSPS) is 16.3. The fourth-order valence-corrected chi connectivity index (χ4v) is 2.87. The van der Waals surface area contributed by atoms with Gasteiger partial charge in [0.05, 0.1) is 12.2 Å². The summed E-state index contributed by atoms with van der Waals surface area (Å²) in [4.78, 5) is 14.5. The van der Waals surface area contributed by atoms with E-state index in [0.717, 1.165) is 5.69 Å². The summed E-state index contributed by atoms with van der Waals surface area (Å²) in [5, 5.41) is 13.6. The van der Waals surface area contributed by atoms with Crippen molar-refractivity contribution >= 4 is 11.6 Å². The molecule has 1 aliphatic heterocycles. The van der Waals surface area contributed by atoms with Gasteiger partial charge in [-0.15, -0.1) is 6.58 Å². The number of phenolic OH excluding ortho intramolecular Hbond substituents is 1. The molecule has 2 N–H and O–H groups in total. The zero-order valence-corrected chi connectivity index (χ0v) is 13.5. The molecule has 1 unspecified atom stereocenters. The summed E-state index contributed by atoms with van der Waals surface area (Å²) in [5.74, 6) is 0.657. The first-order chi connectivity index (χ1) is 11.7. The van der Waals surface area contributed by atoms with E-state index in [1.54, 1.807) is 35.2 Å². The second kappa shape index (κ2) is 6.66. The zero-order chi connectivity index (χ0) is 17.1. The van der Waals surface area contributed by atoms with Gasteiger partial charge in [-0.3, -0.25) is 4.79 Å². The van der Waals surface area contributed by atoms with Crippen LogP contribution in [0, 0.1) is 0 Å². The van der Waals surface area contributed by atoms with Gasteiger partial charge in [0.1, 0.15) is 17.7 Å². The molecule has 1 amide bonds. The fraction of sp³-hybridized carbons (Fsp3) is 0.211. The number of ether oxygens (including phenoxy) is 1. The van der Waals surface area contributed by atoms with E-state index in [0.29, 0.717) is 30.0 Å². The van der Waals surface area contributed by atoms with E-state index in [9.17, 15) is 9.90 Å². The minimum absolute atomic E-state index is 0.101. The first kappa shape index (κ1) is 15.9. The highest BCUT2D eigenvalue weighted by Gasteiger charge is 2.33. The van der Waals surface area contributed by atoms with Crippen LogP contribution in [0.3, 0.4) is 0 Å². The molecule has 1 aliphatic rings. The lowest BCUT2D eigenvalue weighted by Gasteiger charge is -2.37. The minimum Gasteiger partial charge on any atom is -0.508 e. The second-order valence-electron chi connectivity index (χ2n) is 5.49. The molecule has 5 heteroatoms. The molecule has 124 valence electrons. The number of para-hydroxylation sites is 1. The highest BCUT2D eigenvalue weighted by atomic mass is 16.5. The average Bonchev–Trinajstić information content (AvgIpc) is 2.59. The number of nitrogens with one attached hydrogen (secondary N) is 1. The number of benzene rings is 2. The highest BCUT2D eigenvalue weighted by Crippen LogP contribution is 2.37. The Hall–Kier alpha value is -2.95. The SMILES string of the molecule is C=CCN1C(=O)c2ccccc2NC1c1cc(OCC)ccc1O. The lowest BCUT2D eigenvalue weighted by atomic mass is 10.0. The van der Waals surface area contributed by atoms with Crippen molar-refractivity contribution in [2.45, 2.75) is 13.1 Å². The number of anilines is 1. The molecule has 0 spiro atoms. The quantitative estimate of drug-likeness (QED) is 0.826. The van der Waals surface area contributed by atoms with Crippen LogP contribution in [0.15, 0.2) is 55.1 Å². The maximum atomic E-state index is 12.8. The van der Waals surface area contributed by atoms with Crippen molar-refractivity contribution in [1.82, 2.24) is 4.90 Å². The summed E-state index contributed by atoms with van der Waals surface area (Å²) in [7, 11) is 0. The molecular weight excluding hydrogens is 304 g/mol. The molecule has 1 atom stereocenters. The van der Waals surface area contributed by atoms with Crippen LogP contribution in [-0.4, -0.2) is 29.1 Å². The molecule has 0 bridgehead atoms. The van der Waals surface area contributed by atoms with E-state index in [2.05, 4.69) is 11.9 Å². The first-order valence-electron chi connectivity index (χ1n) is 7.88. The molecule has 2 aromatic rings. The van der Waals surface area contributed by atoms with E-state index in [1.807, 2.05) is 25.1 Å². The smallest absolute Gasteiger partial charge is 0.258 e. The molecule has 24 heavy (non-hydrogen) atoms. The van der Waals surface area contributed by atoms with Gasteiger partial charge in [0.15, 0.2) is 0 Å². The maximum Gasteiger partial charge on any atom is 0.258 e. The van der Waals surface area contributed by atoms with Crippen LogP contribution >= 0.6 is 0 Å². The predicted octanol–water partition coefficient (Wildman–Crippen LogP) is 3.54. The molecule has 0 saturated heterocycles. The van der Waals surface area contributed by atoms with Gasteiger partial charge >= 0.3 is 0 Å². The Labute approximate surface area is 141 Å². The van der Waals surface area contributed by atoms with E-state index in [-0.39, 0.29) is 11.7 Å². The highest BCUT2D eigenvalue weighted by molar-refractivity contribution is 6.01. The number of amides is 1. The van der Waals surface area contributed by atoms with Crippen molar-refractivity contribution in [3.05, 3.63) is 66.2 Å². The van der Waals surface area contributed by atoms with Gasteiger partial charge in [-0.05, 0) is 37.3 Å². The van der Waals surface area contributed by atoms with E-state index >= 15 is 0 Å². The standard InChI is InChI=1S/C19H20N2O3/c1-3-11-21-18(15-12-13(24-4-2)9-10-17(15)22)20-16-8-6-5-7-14(16)19(21)23/h3,5-10,12,18,20,22H,1,4,11H2,2H3. The molecule has 0 radical (unpaired) electrons. The zero-order valence-electron chi connectivity index (χ0n) is 13.5. The van der Waals surface area contributed by atoms with Crippen LogP contribution in [0.5, 0.6) is 11.5 Å². The number of hydrogen-bond acceptors (Lipinski definition) is 4. The fourth-order valence-electron chi connectivity index (χ4n) is 2.87. The van der Waals surface area contributed by atoms with Gasteiger partial charge in [-0.1, -0.05) is 18.2 Å². The molecule has 0 aromatic heterocycles. The number of hydrogen-bond donors (Lipinski definition) is 2. The summed E-state index contributed by atoms with van der Waals surface area (Å²) in [6.07, 6.45) is 1.18. The number of fused-ring (bicyclic) bond motifs is 1. The Balaban J connectivity index is 2.07. The number of carbonyl (C=O) groups is 1. The van der Waals surface area contributed by atoms with Gasteiger partial charge in [0, 0.05) is 17.8 Å². The first-order valence-corrected chi connectivity index (χ1v) is 7.88. The number of aromatic hydroxyl groups is 1. The van der Waals surface area contributed by atoms with Crippen molar-refractivity contribution in [1.29, 1.82) is 0 Å². The summed E-state index contributed by atoms with van der Waals surface area (Å²) < 4.78 is 5.52. The second-order valence-corrected chi connectivity index (χ2v) is 5.49. The number of rotatable bonds is 5. The summed E-state index contributed by atoms with van der Waals surface area (Å²) in [6, 6.07) is 12.4. The third-order valence-corrected chi connectivity index (χ3v) is 3.95. The van der Waals surface area contributed by atoms with Crippen molar-refractivity contribution in [2.75, 3.05) is 18.5 Å². The van der Waals surface area contributed by atoms with Gasteiger partial charge < -0.3 is 20.1 Å². The minimum atomic E-state index is -0.495. The van der Waals surface area contributed by atoms with Crippen molar-refractivity contribution in [3.8, 4) is 11.5 Å². The Morgan fingerprint density at radius 2 is 2.12 bits per heavy atom. The molecule has 0 fully saturated rings. The topological polar surface area (TPSA) is 61.8 Å². The van der Waals surface area contributed by atoms with Gasteiger partial charge in [-0.25, -0.2) is 0 Å².